The molecule has 0 saturated carbocycles. The van der Waals surface area contributed by atoms with Crippen LogP contribution in [0.1, 0.15) is 0 Å². The smallest absolute Gasteiger partial charge is 0.164 e. The van der Waals surface area contributed by atoms with Gasteiger partial charge in [0.1, 0.15) is 16.9 Å². The van der Waals surface area contributed by atoms with Gasteiger partial charge in [0, 0.05) is 33.0 Å². The lowest BCUT2D eigenvalue weighted by Crippen LogP contribution is -2.00. The van der Waals surface area contributed by atoms with Crippen molar-refractivity contribution in [3.63, 3.8) is 0 Å². The molecule has 0 fully saturated rings. The van der Waals surface area contributed by atoms with Crippen LogP contribution in [0.2, 0.25) is 0 Å². The Labute approximate surface area is 260 Å². The fraction of sp³-hybridized carbons (Fsp3) is 0.0250. The first kappa shape index (κ1) is 26.5. The van der Waals surface area contributed by atoms with Gasteiger partial charge in [0.15, 0.2) is 17.5 Å². The second-order valence-electron chi connectivity index (χ2n) is 10.8. The predicted molar refractivity (Wildman–Crippen MR) is 181 cm³/mol. The molecule has 0 bridgehead atoms. The molecule has 8 rings (SSSR count). The van der Waals surface area contributed by atoms with Crippen molar-refractivity contribution in [2.45, 2.75) is 0 Å². The minimum Gasteiger partial charge on any atom is -0.496 e. The standard InChI is InChI=1S/C40H27N3O2/c1-44-34-23-13-21-30(36(34)26-14-5-2-6-15-26)29-24-32(37-31-20-11-12-22-33(31)45-35(37)25-29)40-42-38(27-16-7-3-8-17-27)41-39(43-40)28-18-9-4-10-19-28/h2-25H,1H3. The fourth-order valence-electron chi connectivity index (χ4n) is 5.96. The Morgan fingerprint density at radius 1 is 0.467 bits per heavy atom. The van der Waals surface area contributed by atoms with E-state index in [0.29, 0.717) is 17.5 Å². The van der Waals surface area contributed by atoms with Crippen LogP contribution >= 0.6 is 0 Å². The summed E-state index contributed by atoms with van der Waals surface area (Å²) in [5.41, 5.74) is 8.33. The number of methoxy groups -OCH3 is 1. The number of aromatic nitrogens is 3. The third-order valence-electron chi connectivity index (χ3n) is 8.04. The minimum absolute atomic E-state index is 0.574. The number of hydrogen-bond acceptors (Lipinski definition) is 5. The molecule has 0 spiro atoms. The summed E-state index contributed by atoms with van der Waals surface area (Å²) in [6, 6.07) is 48.9. The minimum atomic E-state index is 0.574. The molecule has 2 heterocycles. The third-order valence-corrected chi connectivity index (χ3v) is 8.04. The second-order valence-corrected chi connectivity index (χ2v) is 10.8. The zero-order valence-electron chi connectivity index (χ0n) is 24.5. The number of para-hydroxylation sites is 1. The van der Waals surface area contributed by atoms with E-state index < -0.39 is 0 Å². The van der Waals surface area contributed by atoms with E-state index in [-0.39, 0.29) is 0 Å². The van der Waals surface area contributed by atoms with Gasteiger partial charge in [-0.05, 0) is 41.0 Å². The molecule has 8 aromatic rings. The van der Waals surface area contributed by atoms with Gasteiger partial charge in [-0.25, -0.2) is 15.0 Å². The van der Waals surface area contributed by atoms with Crippen LogP contribution in [-0.4, -0.2) is 22.1 Å². The largest absolute Gasteiger partial charge is 0.496 e. The van der Waals surface area contributed by atoms with E-state index in [1.807, 2.05) is 109 Å². The van der Waals surface area contributed by atoms with Gasteiger partial charge in [-0.2, -0.15) is 0 Å². The van der Waals surface area contributed by atoms with Gasteiger partial charge < -0.3 is 9.15 Å². The third kappa shape index (κ3) is 4.81. The highest BCUT2D eigenvalue weighted by Gasteiger charge is 2.21. The lowest BCUT2D eigenvalue weighted by Gasteiger charge is -2.16. The van der Waals surface area contributed by atoms with Crippen molar-refractivity contribution in [1.29, 1.82) is 0 Å². The normalized spacial score (nSPS) is 11.2. The molecule has 6 aromatic carbocycles. The first-order valence-electron chi connectivity index (χ1n) is 14.8. The van der Waals surface area contributed by atoms with E-state index in [0.717, 1.165) is 66.6 Å². The van der Waals surface area contributed by atoms with Crippen LogP contribution < -0.4 is 4.74 Å². The van der Waals surface area contributed by atoms with Gasteiger partial charge >= 0.3 is 0 Å². The van der Waals surface area contributed by atoms with Crippen molar-refractivity contribution in [3.05, 3.63) is 146 Å². The number of ether oxygens (including phenoxy) is 1. The molecule has 0 aliphatic rings. The Kier molecular flexibility index (Phi) is 6.61. The average molecular weight is 582 g/mol. The molecule has 0 aliphatic carbocycles. The first-order chi connectivity index (χ1) is 22.3. The van der Waals surface area contributed by atoms with Crippen molar-refractivity contribution in [3.8, 4) is 62.2 Å². The summed E-state index contributed by atoms with van der Waals surface area (Å²) < 4.78 is 12.4. The lowest BCUT2D eigenvalue weighted by atomic mass is 9.91. The van der Waals surface area contributed by atoms with Gasteiger partial charge in [0.25, 0.3) is 0 Å². The fourth-order valence-corrected chi connectivity index (χ4v) is 5.96. The van der Waals surface area contributed by atoms with Crippen molar-refractivity contribution < 1.29 is 9.15 Å². The molecule has 5 heteroatoms. The Morgan fingerprint density at radius 2 is 1.04 bits per heavy atom. The molecule has 0 aliphatic heterocycles. The number of fused-ring (bicyclic) bond motifs is 3. The van der Waals surface area contributed by atoms with E-state index in [2.05, 4.69) is 36.4 Å². The molecular formula is C40H27N3O2. The van der Waals surface area contributed by atoms with Crippen LogP contribution in [0.25, 0.3) is 78.4 Å². The van der Waals surface area contributed by atoms with Gasteiger partial charge in [-0.1, -0.05) is 121 Å². The summed E-state index contributed by atoms with van der Waals surface area (Å²) in [5, 5.41) is 1.97. The Morgan fingerprint density at radius 3 is 1.69 bits per heavy atom. The summed E-state index contributed by atoms with van der Waals surface area (Å²) in [4.78, 5) is 15.1. The van der Waals surface area contributed by atoms with E-state index in [1.54, 1.807) is 7.11 Å². The quantitative estimate of drug-likeness (QED) is 0.196. The highest BCUT2D eigenvalue weighted by Crippen LogP contribution is 2.44. The Hall–Kier alpha value is -6.07. The van der Waals surface area contributed by atoms with Gasteiger partial charge in [0.05, 0.1) is 7.11 Å². The lowest BCUT2D eigenvalue weighted by molar-refractivity contribution is 0.416. The first-order valence-corrected chi connectivity index (χ1v) is 14.8. The molecule has 5 nitrogen and oxygen atoms in total. The summed E-state index contributed by atoms with van der Waals surface area (Å²) >= 11 is 0. The van der Waals surface area contributed by atoms with Crippen molar-refractivity contribution in [2.24, 2.45) is 0 Å². The average Bonchev–Trinajstić information content (AvgIpc) is 3.50. The summed E-state index contributed by atoms with van der Waals surface area (Å²) in [5.74, 6) is 2.59. The molecule has 0 unspecified atom stereocenters. The molecule has 214 valence electrons. The Bertz CT molecular complexity index is 2240. The zero-order valence-corrected chi connectivity index (χ0v) is 24.5. The van der Waals surface area contributed by atoms with E-state index in [1.165, 1.54) is 0 Å². The number of hydrogen-bond donors (Lipinski definition) is 0. The predicted octanol–water partition coefficient (Wildman–Crippen LogP) is 10.1. The van der Waals surface area contributed by atoms with Crippen LogP contribution in [0, 0.1) is 0 Å². The maximum Gasteiger partial charge on any atom is 0.164 e. The van der Waals surface area contributed by atoms with Crippen LogP contribution in [0.4, 0.5) is 0 Å². The monoisotopic (exact) mass is 581 g/mol. The van der Waals surface area contributed by atoms with Crippen LogP contribution in [0.15, 0.2) is 150 Å². The van der Waals surface area contributed by atoms with E-state index >= 15 is 0 Å². The molecule has 0 radical (unpaired) electrons. The van der Waals surface area contributed by atoms with Gasteiger partial charge in [-0.3, -0.25) is 0 Å². The van der Waals surface area contributed by atoms with Crippen LogP contribution in [-0.2, 0) is 0 Å². The molecule has 0 N–H and O–H groups in total. The summed E-state index contributed by atoms with van der Waals surface area (Å²) in [6.45, 7) is 0. The van der Waals surface area contributed by atoms with E-state index in [9.17, 15) is 0 Å². The van der Waals surface area contributed by atoms with Crippen LogP contribution in [0.3, 0.4) is 0 Å². The highest BCUT2D eigenvalue weighted by molar-refractivity contribution is 6.13. The van der Waals surface area contributed by atoms with Gasteiger partial charge in [0.2, 0.25) is 0 Å². The summed E-state index contributed by atoms with van der Waals surface area (Å²) in [6.07, 6.45) is 0. The van der Waals surface area contributed by atoms with Crippen LogP contribution in [0.5, 0.6) is 5.75 Å². The number of rotatable bonds is 6. The number of nitrogens with zero attached hydrogens (tertiary/aromatic N) is 3. The molecular weight excluding hydrogens is 554 g/mol. The second kappa shape index (κ2) is 11.2. The van der Waals surface area contributed by atoms with Gasteiger partial charge in [-0.15, -0.1) is 0 Å². The molecule has 45 heavy (non-hydrogen) atoms. The maximum atomic E-state index is 6.51. The Balaban J connectivity index is 1.45. The van der Waals surface area contributed by atoms with E-state index in [4.69, 9.17) is 24.1 Å². The SMILES string of the molecule is COc1cccc(-c2cc(-c3nc(-c4ccccc4)nc(-c4ccccc4)n3)c3c(c2)oc2ccccc23)c1-c1ccccc1. The van der Waals surface area contributed by atoms with Crippen molar-refractivity contribution in [2.75, 3.05) is 7.11 Å². The maximum absolute atomic E-state index is 6.51. The molecule has 0 saturated heterocycles. The molecule has 0 amide bonds. The molecule has 2 aromatic heterocycles. The molecule has 0 atom stereocenters. The van der Waals surface area contributed by atoms with Crippen molar-refractivity contribution in [1.82, 2.24) is 15.0 Å². The topological polar surface area (TPSA) is 61.0 Å². The summed E-state index contributed by atoms with van der Waals surface area (Å²) in [7, 11) is 1.71. The number of benzene rings is 6. The van der Waals surface area contributed by atoms with Crippen molar-refractivity contribution >= 4 is 21.9 Å². The highest BCUT2D eigenvalue weighted by atomic mass is 16.5. The zero-order chi connectivity index (χ0) is 30.2. The number of furan rings is 1.